The molecule has 1 aliphatic rings. The molecule has 18 heavy (non-hydrogen) atoms. The van der Waals surface area contributed by atoms with Crippen LogP contribution in [0.15, 0.2) is 16.3 Å². The monoisotopic (exact) mass is 291 g/mol. The Bertz CT molecular complexity index is 497. The maximum atomic E-state index is 12.5. The highest BCUT2D eigenvalue weighted by Crippen LogP contribution is 2.26. The van der Waals surface area contributed by atoms with E-state index in [1.165, 1.54) is 15.6 Å². The molecule has 2 heterocycles. The molecule has 102 valence electrons. The Labute approximate surface area is 111 Å². The SMILES string of the molecule is CCC1CN(S(=O)(=O)c2ccsc2CO)CCO1. The Hall–Kier alpha value is -0.470. The van der Waals surface area contributed by atoms with Gasteiger partial charge >= 0.3 is 0 Å². The quantitative estimate of drug-likeness (QED) is 0.900. The lowest BCUT2D eigenvalue weighted by Gasteiger charge is -2.31. The largest absolute Gasteiger partial charge is 0.391 e. The van der Waals surface area contributed by atoms with Gasteiger partial charge in [0.2, 0.25) is 10.0 Å². The van der Waals surface area contributed by atoms with Crippen LogP contribution in [-0.4, -0.2) is 43.6 Å². The molecular weight excluding hydrogens is 274 g/mol. The summed E-state index contributed by atoms with van der Waals surface area (Å²) in [6.07, 6.45) is 0.757. The summed E-state index contributed by atoms with van der Waals surface area (Å²) in [7, 11) is -3.50. The smallest absolute Gasteiger partial charge is 0.244 e. The minimum atomic E-state index is -3.50. The number of ether oxygens (including phenoxy) is 1. The van der Waals surface area contributed by atoms with E-state index in [0.717, 1.165) is 6.42 Å². The number of sulfonamides is 1. The molecule has 0 bridgehead atoms. The van der Waals surface area contributed by atoms with E-state index in [9.17, 15) is 8.42 Å². The molecule has 1 unspecified atom stereocenters. The first-order chi connectivity index (χ1) is 8.59. The highest BCUT2D eigenvalue weighted by Gasteiger charge is 2.31. The van der Waals surface area contributed by atoms with Crippen LogP contribution in [0.4, 0.5) is 0 Å². The van der Waals surface area contributed by atoms with E-state index in [4.69, 9.17) is 9.84 Å². The van der Waals surface area contributed by atoms with E-state index in [2.05, 4.69) is 0 Å². The fraction of sp³-hybridized carbons (Fsp3) is 0.636. The summed E-state index contributed by atoms with van der Waals surface area (Å²) in [4.78, 5) is 0.723. The third kappa shape index (κ3) is 2.60. The molecule has 0 saturated carbocycles. The lowest BCUT2D eigenvalue weighted by atomic mass is 10.2. The highest BCUT2D eigenvalue weighted by atomic mass is 32.2. The zero-order chi connectivity index (χ0) is 13.2. The van der Waals surface area contributed by atoms with Crippen LogP contribution in [0, 0.1) is 0 Å². The van der Waals surface area contributed by atoms with Gasteiger partial charge in [-0.25, -0.2) is 8.42 Å². The van der Waals surface area contributed by atoms with Crippen LogP contribution in [0.3, 0.4) is 0 Å². The van der Waals surface area contributed by atoms with E-state index >= 15 is 0 Å². The van der Waals surface area contributed by atoms with Gasteiger partial charge in [-0.3, -0.25) is 0 Å². The minimum Gasteiger partial charge on any atom is -0.391 e. The van der Waals surface area contributed by atoms with Crippen LogP contribution in [0.1, 0.15) is 18.2 Å². The van der Waals surface area contributed by atoms with E-state index < -0.39 is 10.0 Å². The van der Waals surface area contributed by atoms with Crippen molar-refractivity contribution in [3.8, 4) is 0 Å². The van der Waals surface area contributed by atoms with Crippen molar-refractivity contribution in [2.75, 3.05) is 19.7 Å². The lowest BCUT2D eigenvalue weighted by molar-refractivity contribution is -0.00279. The molecule has 2 rings (SSSR count). The molecule has 1 aromatic heterocycles. The first kappa shape index (κ1) is 14.0. The van der Waals surface area contributed by atoms with Gasteiger partial charge in [-0.1, -0.05) is 6.92 Å². The second-order valence-electron chi connectivity index (χ2n) is 4.13. The fourth-order valence-corrected chi connectivity index (χ4v) is 4.69. The molecule has 0 aliphatic carbocycles. The number of rotatable bonds is 4. The summed E-state index contributed by atoms with van der Waals surface area (Å²) >= 11 is 1.26. The average molecular weight is 291 g/mol. The van der Waals surface area contributed by atoms with E-state index in [-0.39, 0.29) is 17.6 Å². The van der Waals surface area contributed by atoms with Crippen LogP contribution in [0.5, 0.6) is 0 Å². The number of thiophene rings is 1. The van der Waals surface area contributed by atoms with Crippen molar-refractivity contribution >= 4 is 21.4 Å². The molecule has 1 saturated heterocycles. The Kier molecular flexibility index (Phi) is 4.39. The molecule has 1 fully saturated rings. The van der Waals surface area contributed by atoms with Gasteiger partial charge in [0.15, 0.2) is 0 Å². The van der Waals surface area contributed by atoms with Crippen LogP contribution in [0.2, 0.25) is 0 Å². The summed E-state index contributed by atoms with van der Waals surface area (Å²) in [5, 5.41) is 10.9. The molecule has 0 spiro atoms. The second-order valence-corrected chi connectivity index (χ2v) is 7.04. The van der Waals surface area contributed by atoms with Crippen molar-refractivity contribution in [1.82, 2.24) is 4.31 Å². The topological polar surface area (TPSA) is 66.8 Å². The van der Waals surface area contributed by atoms with Crippen LogP contribution in [-0.2, 0) is 21.4 Å². The minimum absolute atomic E-state index is 0.0373. The Morgan fingerprint density at radius 2 is 2.39 bits per heavy atom. The van der Waals surface area contributed by atoms with Crippen molar-refractivity contribution in [2.24, 2.45) is 0 Å². The van der Waals surface area contributed by atoms with Crippen molar-refractivity contribution in [2.45, 2.75) is 31.0 Å². The summed E-state index contributed by atoms with van der Waals surface area (Å²) in [5.74, 6) is 0. The number of nitrogens with zero attached hydrogens (tertiary/aromatic N) is 1. The molecule has 1 N–H and O–H groups in total. The Morgan fingerprint density at radius 3 is 3.06 bits per heavy atom. The average Bonchev–Trinajstić information content (AvgIpc) is 2.88. The standard InChI is InChI=1S/C11H17NO4S2/c1-2-9-7-12(4-5-16-9)18(14,15)11-3-6-17-10(11)8-13/h3,6,9,13H,2,4-5,7-8H2,1H3. The number of aliphatic hydroxyl groups excluding tert-OH is 1. The molecule has 1 aromatic rings. The normalized spacial score (nSPS) is 22.2. The zero-order valence-corrected chi connectivity index (χ0v) is 11.8. The molecule has 1 atom stereocenters. The van der Waals surface area contributed by atoms with Gasteiger partial charge in [-0.05, 0) is 17.9 Å². The van der Waals surface area contributed by atoms with Crippen molar-refractivity contribution in [3.63, 3.8) is 0 Å². The first-order valence-corrected chi connectivity index (χ1v) is 8.20. The van der Waals surface area contributed by atoms with Gasteiger partial charge in [-0.2, -0.15) is 4.31 Å². The van der Waals surface area contributed by atoms with Crippen LogP contribution >= 0.6 is 11.3 Å². The number of hydrogen-bond donors (Lipinski definition) is 1. The van der Waals surface area contributed by atoms with Gasteiger partial charge in [0.25, 0.3) is 0 Å². The number of morpholine rings is 1. The van der Waals surface area contributed by atoms with Gasteiger partial charge < -0.3 is 9.84 Å². The summed E-state index contributed by atoms with van der Waals surface area (Å²) in [6.45, 7) is 2.92. The van der Waals surface area contributed by atoms with E-state index in [1.54, 1.807) is 11.4 Å². The highest BCUT2D eigenvalue weighted by molar-refractivity contribution is 7.89. The first-order valence-electron chi connectivity index (χ1n) is 5.88. The second kappa shape index (κ2) is 5.66. The third-order valence-corrected chi connectivity index (χ3v) is 6.01. The molecule has 0 radical (unpaired) electrons. The molecular formula is C11H17NO4S2. The molecule has 0 aromatic carbocycles. The van der Waals surface area contributed by atoms with Gasteiger partial charge in [0, 0.05) is 18.0 Å². The van der Waals surface area contributed by atoms with Crippen molar-refractivity contribution in [1.29, 1.82) is 0 Å². The van der Waals surface area contributed by atoms with Gasteiger partial charge in [-0.15, -0.1) is 11.3 Å². The summed E-state index contributed by atoms with van der Waals surface area (Å²) in [6, 6.07) is 1.56. The molecule has 1 aliphatic heterocycles. The third-order valence-electron chi connectivity index (χ3n) is 3.02. The van der Waals surface area contributed by atoms with Gasteiger partial charge in [0.1, 0.15) is 0 Å². The predicted octanol–water partition coefficient (Wildman–Crippen LogP) is 1.04. The van der Waals surface area contributed by atoms with E-state index in [1.807, 2.05) is 6.92 Å². The van der Waals surface area contributed by atoms with Crippen molar-refractivity contribution in [3.05, 3.63) is 16.3 Å². The number of aliphatic hydroxyl groups is 1. The summed E-state index contributed by atoms with van der Waals surface area (Å²) < 4.78 is 31.8. The van der Waals surface area contributed by atoms with E-state index in [0.29, 0.717) is 24.6 Å². The van der Waals surface area contributed by atoms with Crippen molar-refractivity contribution < 1.29 is 18.3 Å². The van der Waals surface area contributed by atoms with Gasteiger partial charge in [0.05, 0.1) is 24.2 Å². The summed E-state index contributed by atoms with van der Waals surface area (Å²) in [5.41, 5.74) is 0. The number of hydrogen-bond acceptors (Lipinski definition) is 5. The predicted molar refractivity (Wildman–Crippen MR) is 69.0 cm³/mol. The zero-order valence-electron chi connectivity index (χ0n) is 10.2. The molecule has 5 nitrogen and oxygen atoms in total. The van der Waals surface area contributed by atoms with Crippen LogP contribution < -0.4 is 0 Å². The maximum absolute atomic E-state index is 12.5. The fourth-order valence-electron chi connectivity index (χ4n) is 1.97. The van der Waals surface area contributed by atoms with Crippen LogP contribution in [0.25, 0.3) is 0 Å². The Balaban J connectivity index is 2.25. The molecule has 0 amide bonds. The lowest BCUT2D eigenvalue weighted by Crippen LogP contribution is -2.45. The molecule has 7 heteroatoms. The Morgan fingerprint density at radius 1 is 1.61 bits per heavy atom. The maximum Gasteiger partial charge on any atom is 0.244 e.